The molecule has 0 radical (unpaired) electrons. The van der Waals surface area contributed by atoms with Gasteiger partial charge in [0.15, 0.2) is 31.5 Å². The van der Waals surface area contributed by atoms with Gasteiger partial charge in [0.2, 0.25) is 0 Å². The average molecular weight is 753 g/mol. The van der Waals surface area contributed by atoms with E-state index in [0.29, 0.717) is 0 Å². The molecule has 0 aromatic rings. The predicted octanol–water partition coefficient (Wildman–Crippen LogP) is -9.62. The van der Waals surface area contributed by atoms with Crippen LogP contribution in [-0.2, 0) is 42.6 Å². The minimum absolute atomic E-state index is 0.376. The number of aliphatic hydroxyl groups excluding tert-OH is 14. The van der Waals surface area contributed by atoms with Crippen molar-refractivity contribution in [2.45, 2.75) is 148 Å². The van der Waals surface area contributed by atoms with Crippen LogP contribution in [0.15, 0.2) is 0 Å². The van der Waals surface area contributed by atoms with Crippen molar-refractivity contribution in [3.63, 3.8) is 0 Å². The van der Waals surface area contributed by atoms with Gasteiger partial charge in [0.05, 0.1) is 32.5 Å². The van der Waals surface area contributed by atoms with Crippen LogP contribution in [-0.4, -0.2) is 239 Å². The van der Waals surface area contributed by atoms with Crippen LogP contribution in [0.2, 0.25) is 0 Å². The van der Waals surface area contributed by atoms with Gasteiger partial charge < -0.3 is 114 Å². The summed E-state index contributed by atoms with van der Waals surface area (Å²) in [5.41, 5.74) is 0. The van der Waals surface area contributed by atoms with Gasteiger partial charge in [0, 0.05) is 0 Å². The van der Waals surface area contributed by atoms with Crippen molar-refractivity contribution >= 4 is 0 Å². The van der Waals surface area contributed by atoms with Gasteiger partial charge in [0.1, 0.15) is 104 Å². The molecule has 23 atom stereocenters. The molecule has 0 saturated carbocycles. The molecule has 5 fully saturated rings. The molecule has 5 aliphatic rings. The van der Waals surface area contributed by atoms with Gasteiger partial charge in [-0.3, -0.25) is 0 Å². The lowest BCUT2D eigenvalue weighted by Crippen LogP contribution is -2.66. The van der Waals surface area contributed by atoms with E-state index in [0.717, 1.165) is 0 Å². The Balaban J connectivity index is 1.15. The molecule has 23 heteroatoms. The van der Waals surface area contributed by atoms with Gasteiger partial charge in [0.25, 0.3) is 0 Å². The van der Waals surface area contributed by atoms with Crippen molar-refractivity contribution in [1.29, 1.82) is 0 Å². The molecule has 0 unspecified atom stereocenters. The Hall–Kier alpha value is -0.920. The molecular formula is C28H48O23. The van der Waals surface area contributed by atoms with Gasteiger partial charge >= 0.3 is 0 Å². The molecule has 0 bridgehead atoms. The second kappa shape index (κ2) is 17.3. The van der Waals surface area contributed by atoms with E-state index < -0.39 is 161 Å². The molecule has 14 N–H and O–H groups in total. The number of hydrogen-bond donors (Lipinski definition) is 14. The molecule has 23 nitrogen and oxygen atoms in total. The summed E-state index contributed by atoms with van der Waals surface area (Å²) >= 11 is 0. The zero-order valence-electron chi connectivity index (χ0n) is 27.0. The zero-order valence-corrected chi connectivity index (χ0v) is 27.0. The summed E-state index contributed by atoms with van der Waals surface area (Å²) in [5, 5.41) is 144. The largest absolute Gasteiger partial charge is 0.394 e. The summed E-state index contributed by atoms with van der Waals surface area (Å²) < 4.78 is 49.0. The Morgan fingerprint density at radius 1 is 0.431 bits per heavy atom. The highest BCUT2D eigenvalue weighted by Crippen LogP contribution is 2.33. The minimum atomic E-state index is -1.94. The molecule has 0 aliphatic carbocycles. The summed E-state index contributed by atoms with van der Waals surface area (Å²) in [6.07, 6.45) is -37.7. The van der Waals surface area contributed by atoms with Gasteiger partial charge in [-0.25, -0.2) is 0 Å². The first-order valence-corrected chi connectivity index (χ1v) is 16.3. The topological polar surface area (TPSA) is 366 Å². The van der Waals surface area contributed by atoms with E-state index in [1.807, 2.05) is 0 Å². The summed E-state index contributed by atoms with van der Waals surface area (Å²) in [6, 6.07) is 0. The third-order valence-corrected chi connectivity index (χ3v) is 9.53. The monoisotopic (exact) mass is 752 g/mol. The van der Waals surface area contributed by atoms with E-state index in [1.165, 1.54) is 6.92 Å². The van der Waals surface area contributed by atoms with Gasteiger partial charge in [-0.1, -0.05) is 0 Å². The number of aliphatic hydroxyl groups is 14. The maximum atomic E-state index is 10.9. The van der Waals surface area contributed by atoms with Crippen LogP contribution < -0.4 is 0 Å². The highest BCUT2D eigenvalue weighted by molar-refractivity contribution is 4.96. The van der Waals surface area contributed by atoms with Gasteiger partial charge in [-0.2, -0.15) is 0 Å². The van der Waals surface area contributed by atoms with Crippen molar-refractivity contribution in [3.8, 4) is 0 Å². The molecule has 0 aromatic carbocycles. The predicted molar refractivity (Wildman–Crippen MR) is 153 cm³/mol. The Morgan fingerprint density at radius 2 is 0.882 bits per heavy atom. The van der Waals surface area contributed by atoms with Crippen LogP contribution >= 0.6 is 0 Å². The van der Waals surface area contributed by atoms with Crippen molar-refractivity contribution < 1.29 is 114 Å². The smallest absolute Gasteiger partial charge is 0.187 e. The molecule has 5 aliphatic heterocycles. The van der Waals surface area contributed by atoms with E-state index in [4.69, 9.17) is 42.6 Å². The van der Waals surface area contributed by atoms with Gasteiger partial charge in [-0.15, -0.1) is 0 Å². The maximum Gasteiger partial charge on any atom is 0.187 e. The first kappa shape index (κ1) is 41.2. The van der Waals surface area contributed by atoms with Crippen LogP contribution in [0, 0.1) is 0 Å². The lowest BCUT2D eigenvalue weighted by atomic mass is 9.96. The molecular weight excluding hydrogens is 704 g/mol. The molecule has 5 rings (SSSR count). The molecule has 0 spiro atoms. The number of ether oxygens (including phenoxy) is 9. The fraction of sp³-hybridized carbons (Fsp3) is 1.00. The highest BCUT2D eigenvalue weighted by atomic mass is 16.8. The lowest BCUT2D eigenvalue weighted by Gasteiger charge is -2.47. The first-order valence-electron chi connectivity index (χ1n) is 16.3. The number of hydrogen-bond acceptors (Lipinski definition) is 23. The first-order chi connectivity index (χ1) is 24.1. The van der Waals surface area contributed by atoms with E-state index in [1.54, 1.807) is 0 Å². The van der Waals surface area contributed by atoms with Crippen molar-refractivity contribution in [3.05, 3.63) is 0 Å². The van der Waals surface area contributed by atoms with Gasteiger partial charge in [-0.05, 0) is 6.92 Å². The van der Waals surface area contributed by atoms with Crippen molar-refractivity contribution in [2.75, 3.05) is 26.4 Å². The third kappa shape index (κ3) is 8.51. The Morgan fingerprint density at radius 3 is 1.49 bits per heavy atom. The van der Waals surface area contributed by atoms with Crippen molar-refractivity contribution in [1.82, 2.24) is 0 Å². The van der Waals surface area contributed by atoms with E-state index >= 15 is 0 Å². The molecule has 0 amide bonds. The third-order valence-electron chi connectivity index (χ3n) is 9.53. The Labute approximate surface area is 289 Å². The van der Waals surface area contributed by atoms with Crippen LogP contribution in [0.25, 0.3) is 0 Å². The van der Waals surface area contributed by atoms with Crippen LogP contribution in [0.1, 0.15) is 6.92 Å². The van der Waals surface area contributed by atoms with Crippen LogP contribution in [0.5, 0.6) is 0 Å². The van der Waals surface area contributed by atoms with Crippen molar-refractivity contribution in [2.24, 2.45) is 0 Å². The number of rotatable bonds is 10. The Bertz CT molecular complexity index is 1090. The molecule has 5 heterocycles. The summed E-state index contributed by atoms with van der Waals surface area (Å²) in [4.78, 5) is 0. The van der Waals surface area contributed by atoms with Crippen LogP contribution in [0.4, 0.5) is 0 Å². The van der Waals surface area contributed by atoms with E-state index in [-0.39, 0.29) is 6.61 Å². The van der Waals surface area contributed by atoms with Crippen LogP contribution in [0.3, 0.4) is 0 Å². The molecule has 51 heavy (non-hydrogen) atoms. The summed E-state index contributed by atoms with van der Waals surface area (Å²) in [5.74, 6) is 0. The second-order valence-corrected chi connectivity index (χ2v) is 13.0. The second-order valence-electron chi connectivity index (χ2n) is 13.0. The quantitative estimate of drug-likeness (QED) is 0.0985. The minimum Gasteiger partial charge on any atom is -0.394 e. The standard InChI is InChI=1S/C28H48O23/c1-6-22(15(35)20(40)26(45-6)48-9-4-43-24(42)17(37)12(9)32)50-25-18(38)13(33)10(5-44-25)49-27-21(41)16(36)23(8(3-30)47-27)51-28-19(39)14(34)11(31)7(2-29)46-28/h6-42H,2-5H2,1H3/t6-,7+,8-,9+,10+,11+,12+,13-,14-,15-,16-,17+,18-,19-,20+,21-,22-,23-,24+,25-,26+,27+,28-/m0/s1. The highest BCUT2D eigenvalue weighted by Gasteiger charge is 2.54. The Kier molecular flexibility index (Phi) is 14.0. The molecule has 0 aromatic heterocycles. The van der Waals surface area contributed by atoms with E-state index in [9.17, 15) is 71.5 Å². The lowest BCUT2D eigenvalue weighted by molar-refractivity contribution is -0.380. The normalized spacial score (nSPS) is 54.3. The summed E-state index contributed by atoms with van der Waals surface area (Å²) in [7, 11) is 0. The molecule has 5 saturated heterocycles. The molecule has 298 valence electrons. The zero-order chi connectivity index (χ0) is 37.5. The van der Waals surface area contributed by atoms with E-state index in [2.05, 4.69) is 0 Å². The average Bonchev–Trinajstić information content (AvgIpc) is 3.11. The maximum absolute atomic E-state index is 10.9. The summed E-state index contributed by atoms with van der Waals surface area (Å²) in [6.45, 7) is -1.11. The fourth-order valence-electron chi connectivity index (χ4n) is 6.38. The SMILES string of the molecule is C[C@@H]1O[C@H](O[C@@H]2CO[C@@H](O)[C@H](O)[C@@H]2O)[C@H](O)[C@H](O)[C@H]1O[C@@H]1OC[C@@H](O[C@H]2O[C@@H](CO)[C@H](O[C@@H]3O[C@H](CO)[C@@H](O)[C@H](O)[C@@H]3O)[C@@H](O)[C@@H]2O)[C@H](O)[C@@H]1O. The fourth-order valence-corrected chi connectivity index (χ4v) is 6.38.